The Morgan fingerprint density at radius 2 is 1.51 bits per heavy atom. The molecular formula is C30H30F8O. The second-order valence-corrected chi connectivity index (χ2v) is 9.62. The van der Waals surface area contributed by atoms with Gasteiger partial charge in [-0.25, -0.2) is 17.6 Å². The van der Waals surface area contributed by atoms with Gasteiger partial charge in [-0.2, -0.15) is 0 Å². The van der Waals surface area contributed by atoms with E-state index in [-0.39, 0.29) is 23.6 Å². The van der Waals surface area contributed by atoms with Crippen LogP contribution in [0.1, 0.15) is 62.5 Å². The molecule has 4 rings (SSSR count). The lowest BCUT2D eigenvalue weighted by Gasteiger charge is -2.28. The number of alkyl halides is 4. The second-order valence-electron chi connectivity index (χ2n) is 9.62. The maximum absolute atomic E-state index is 14.1. The molecule has 0 spiro atoms. The normalized spacial score (nSPS) is 17.4. The predicted molar refractivity (Wildman–Crippen MR) is 134 cm³/mol. The topological polar surface area (TPSA) is 9.23 Å². The molecule has 1 nitrogen and oxygen atoms in total. The molecule has 0 saturated heterocycles. The molecule has 3 aromatic carbocycles. The van der Waals surface area contributed by atoms with Gasteiger partial charge in [-0.05, 0) is 97.4 Å². The zero-order chi connectivity index (χ0) is 28.6. The maximum Gasteiger partial charge on any atom is 0.573 e. The lowest BCUT2D eigenvalue weighted by Crippen LogP contribution is -2.17. The quantitative estimate of drug-likeness (QED) is 0.262. The Balaban J connectivity index is 0.000000216. The van der Waals surface area contributed by atoms with Crippen molar-refractivity contribution < 1.29 is 39.9 Å². The van der Waals surface area contributed by atoms with Gasteiger partial charge < -0.3 is 4.74 Å². The molecule has 0 unspecified atom stereocenters. The molecule has 1 fully saturated rings. The van der Waals surface area contributed by atoms with Crippen molar-refractivity contribution in [2.24, 2.45) is 5.92 Å². The highest BCUT2D eigenvalue weighted by Gasteiger charge is 2.32. The highest BCUT2D eigenvalue weighted by Crippen LogP contribution is 2.38. The molecule has 212 valence electrons. The Morgan fingerprint density at radius 3 is 2.08 bits per heavy atom. The molecule has 0 heterocycles. The monoisotopic (exact) mass is 558 g/mol. The molecular weight excluding hydrogens is 528 g/mol. The van der Waals surface area contributed by atoms with E-state index in [1.165, 1.54) is 0 Å². The van der Waals surface area contributed by atoms with E-state index < -0.39 is 29.6 Å². The summed E-state index contributed by atoms with van der Waals surface area (Å²) in [5.74, 6) is -3.28. The number of benzene rings is 3. The van der Waals surface area contributed by atoms with E-state index in [4.69, 9.17) is 0 Å². The van der Waals surface area contributed by atoms with Crippen molar-refractivity contribution in [3.05, 3.63) is 89.0 Å². The number of hydrogen-bond donors (Lipinski definition) is 0. The number of ether oxygens (including phenoxy) is 1. The molecule has 3 aromatic rings. The fourth-order valence-corrected chi connectivity index (χ4v) is 4.86. The zero-order valence-electron chi connectivity index (χ0n) is 21.4. The summed E-state index contributed by atoms with van der Waals surface area (Å²) >= 11 is 0. The average Bonchev–Trinajstić information content (AvgIpc) is 2.86. The van der Waals surface area contributed by atoms with Gasteiger partial charge in [0.05, 0.1) is 6.67 Å². The molecule has 1 aliphatic rings. The summed E-state index contributed by atoms with van der Waals surface area (Å²) in [7, 11) is 0. The van der Waals surface area contributed by atoms with Crippen molar-refractivity contribution in [1.82, 2.24) is 0 Å². The standard InChI is InChI=1S/C17H24F2.C13H6F6O/c1-2-3-14-6-9-16(17(19)12-14)15-7-4-13(5-8-15)10-11-18;14-8-2-3-9(10(15)6-8)7-1-4-12(11(16)5-7)20-13(17,18)19/h6,9,12-13,15H,2-5,7-8,10-11H2,1H3;1-6H. The van der Waals surface area contributed by atoms with Crippen LogP contribution in [0, 0.1) is 29.2 Å². The van der Waals surface area contributed by atoms with E-state index >= 15 is 0 Å². The van der Waals surface area contributed by atoms with Crippen LogP contribution in [-0.4, -0.2) is 13.0 Å². The lowest BCUT2D eigenvalue weighted by atomic mass is 9.77. The first kappa shape index (κ1) is 30.4. The van der Waals surface area contributed by atoms with Crippen molar-refractivity contribution in [2.45, 2.75) is 64.1 Å². The van der Waals surface area contributed by atoms with Gasteiger partial charge >= 0.3 is 6.36 Å². The second kappa shape index (κ2) is 13.8. The molecule has 0 aromatic heterocycles. The molecule has 0 radical (unpaired) electrons. The molecule has 0 aliphatic heterocycles. The van der Waals surface area contributed by atoms with Gasteiger partial charge in [0.25, 0.3) is 0 Å². The highest BCUT2D eigenvalue weighted by atomic mass is 19.4. The predicted octanol–water partition coefficient (Wildman–Crippen LogP) is 10.1. The number of rotatable bonds is 7. The Kier molecular flexibility index (Phi) is 10.8. The van der Waals surface area contributed by atoms with Gasteiger partial charge in [-0.3, -0.25) is 4.39 Å². The van der Waals surface area contributed by atoms with E-state index in [1.807, 2.05) is 6.07 Å². The Hall–Kier alpha value is -3.10. The summed E-state index contributed by atoms with van der Waals surface area (Å²) in [6.45, 7) is 1.90. The Bertz CT molecular complexity index is 1220. The fraction of sp³-hybridized carbons (Fsp3) is 0.400. The lowest BCUT2D eigenvalue weighted by molar-refractivity contribution is -0.275. The van der Waals surface area contributed by atoms with Crippen molar-refractivity contribution in [2.75, 3.05) is 6.67 Å². The molecule has 39 heavy (non-hydrogen) atoms. The van der Waals surface area contributed by atoms with Crippen LogP contribution in [0.15, 0.2) is 54.6 Å². The fourth-order valence-electron chi connectivity index (χ4n) is 4.86. The van der Waals surface area contributed by atoms with E-state index in [0.29, 0.717) is 30.4 Å². The van der Waals surface area contributed by atoms with Crippen LogP contribution < -0.4 is 4.74 Å². The minimum absolute atomic E-state index is 0.0328. The third-order valence-electron chi connectivity index (χ3n) is 6.81. The van der Waals surface area contributed by atoms with Gasteiger partial charge in [0, 0.05) is 11.6 Å². The maximum atomic E-state index is 14.1. The molecule has 0 atom stereocenters. The minimum atomic E-state index is -5.02. The smallest absolute Gasteiger partial charge is 0.403 e. The van der Waals surface area contributed by atoms with Crippen LogP contribution in [-0.2, 0) is 6.42 Å². The summed E-state index contributed by atoms with van der Waals surface area (Å²) in [5, 5.41) is 0. The van der Waals surface area contributed by atoms with Crippen LogP contribution >= 0.6 is 0 Å². The zero-order valence-corrected chi connectivity index (χ0v) is 21.4. The van der Waals surface area contributed by atoms with Gasteiger partial charge in [-0.15, -0.1) is 13.2 Å². The molecule has 1 aliphatic carbocycles. The SMILES string of the molecule is CCCc1ccc(C2CCC(CCF)CC2)c(F)c1.Fc1ccc(-c2ccc(OC(F)(F)F)c(F)c2)c(F)c1. The molecule has 0 N–H and O–H groups in total. The van der Waals surface area contributed by atoms with Crippen LogP contribution in [0.5, 0.6) is 5.75 Å². The average molecular weight is 559 g/mol. The summed E-state index contributed by atoms with van der Waals surface area (Å²) in [6.07, 6.45) is 1.76. The first-order chi connectivity index (χ1) is 18.5. The highest BCUT2D eigenvalue weighted by molar-refractivity contribution is 5.65. The number of aryl methyl sites for hydroxylation is 1. The summed E-state index contributed by atoms with van der Waals surface area (Å²) in [4.78, 5) is 0. The summed E-state index contributed by atoms with van der Waals surface area (Å²) in [6, 6.07) is 10.8. The van der Waals surface area contributed by atoms with Gasteiger partial charge in [-0.1, -0.05) is 31.5 Å². The number of hydrogen-bond acceptors (Lipinski definition) is 1. The van der Waals surface area contributed by atoms with Gasteiger partial charge in [0.15, 0.2) is 11.6 Å². The third-order valence-corrected chi connectivity index (χ3v) is 6.81. The molecule has 9 heteroatoms. The van der Waals surface area contributed by atoms with Crippen LogP contribution in [0.3, 0.4) is 0 Å². The van der Waals surface area contributed by atoms with Crippen molar-refractivity contribution in [1.29, 1.82) is 0 Å². The molecule has 0 amide bonds. The van der Waals surface area contributed by atoms with Gasteiger partial charge in [0.2, 0.25) is 0 Å². The summed E-state index contributed by atoms with van der Waals surface area (Å²) in [5.41, 5.74) is 1.80. The van der Waals surface area contributed by atoms with E-state index in [0.717, 1.165) is 73.9 Å². The van der Waals surface area contributed by atoms with Crippen molar-refractivity contribution in [3.63, 3.8) is 0 Å². The first-order valence-corrected chi connectivity index (χ1v) is 12.9. The van der Waals surface area contributed by atoms with Crippen LogP contribution in [0.4, 0.5) is 35.1 Å². The summed E-state index contributed by atoms with van der Waals surface area (Å²) < 4.78 is 105. The van der Waals surface area contributed by atoms with E-state index in [1.54, 1.807) is 6.07 Å². The Morgan fingerprint density at radius 1 is 0.795 bits per heavy atom. The first-order valence-electron chi connectivity index (χ1n) is 12.9. The molecule has 0 bridgehead atoms. The minimum Gasteiger partial charge on any atom is -0.403 e. The van der Waals surface area contributed by atoms with Crippen molar-refractivity contribution >= 4 is 0 Å². The van der Waals surface area contributed by atoms with Crippen LogP contribution in [0.25, 0.3) is 11.1 Å². The van der Waals surface area contributed by atoms with Gasteiger partial charge in [0.1, 0.15) is 17.5 Å². The Labute approximate surface area is 222 Å². The van der Waals surface area contributed by atoms with E-state index in [2.05, 4.69) is 17.7 Å². The van der Waals surface area contributed by atoms with Crippen LogP contribution in [0.2, 0.25) is 0 Å². The van der Waals surface area contributed by atoms with Crippen molar-refractivity contribution in [3.8, 4) is 16.9 Å². The third kappa shape index (κ3) is 8.97. The molecule has 1 saturated carbocycles. The largest absolute Gasteiger partial charge is 0.573 e. The number of halogens is 8. The van der Waals surface area contributed by atoms with E-state index in [9.17, 15) is 35.1 Å².